The summed E-state index contributed by atoms with van der Waals surface area (Å²) in [4.78, 5) is 63.7. The van der Waals surface area contributed by atoms with Crippen LogP contribution in [0.25, 0.3) is 11.0 Å². The lowest BCUT2D eigenvalue weighted by Gasteiger charge is -2.04. The van der Waals surface area contributed by atoms with E-state index in [1.165, 1.54) is 28.8 Å². The van der Waals surface area contributed by atoms with Crippen molar-refractivity contribution in [1.29, 1.82) is 5.41 Å². The smallest absolute Gasteiger partial charge is 0.291 e. The van der Waals surface area contributed by atoms with Gasteiger partial charge < -0.3 is 50.4 Å². The average Bonchev–Trinajstić information content (AvgIpc) is 3.81. The third-order valence-electron chi connectivity index (χ3n) is 7.41. The van der Waals surface area contributed by atoms with Crippen LogP contribution in [0.3, 0.4) is 0 Å². The fourth-order valence-corrected chi connectivity index (χ4v) is 5.09. The molecule has 16 nitrogen and oxygen atoms in total. The van der Waals surface area contributed by atoms with Gasteiger partial charge in [0.2, 0.25) is 0 Å². The Labute approximate surface area is 305 Å². The summed E-state index contributed by atoms with van der Waals surface area (Å²) in [6.07, 6.45) is 4.95. The Hall–Kier alpha value is -6.07. The van der Waals surface area contributed by atoms with Gasteiger partial charge in [-0.2, -0.15) is 0 Å². The van der Waals surface area contributed by atoms with E-state index in [1.54, 1.807) is 67.1 Å². The summed E-state index contributed by atoms with van der Waals surface area (Å²) in [5, 5.41) is 21.4. The summed E-state index contributed by atoms with van der Waals surface area (Å²) in [6.45, 7) is 3.74. The number of hydrogen-bond acceptors (Lipinski definition) is 7. The largest absolute Gasteiger partial charge is 0.451 e. The Balaban J connectivity index is 0.00000583. The van der Waals surface area contributed by atoms with Gasteiger partial charge in [0.05, 0.1) is 27.4 Å². The van der Waals surface area contributed by atoms with E-state index in [1.807, 2.05) is 0 Å². The summed E-state index contributed by atoms with van der Waals surface area (Å²) < 4.78 is 10.5. The zero-order valence-electron chi connectivity index (χ0n) is 27.5. The minimum atomic E-state index is -0.545. The van der Waals surface area contributed by atoms with E-state index in [0.717, 1.165) is 0 Å². The molecule has 8 N–H and O–H groups in total. The number of anilines is 4. The van der Waals surface area contributed by atoms with E-state index in [9.17, 15) is 24.0 Å². The van der Waals surface area contributed by atoms with Crippen molar-refractivity contribution >= 4 is 97.4 Å². The fourth-order valence-electron chi connectivity index (χ4n) is 4.99. The van der Waals surface area contributed by atoms with Crippen LogP contribution in [-0.2, 0) is 25.9 Å². The molecule has 0 saturated heterocycles. The van der Waals surface area contributed by atoms with Crippen LogP contribution in [-0.4, -0.2) is 55.6 Å². The summed E-state index contributed by atoms with van der Waals surface area (Å²) in [6, 6.07) is 11.0. The van der Waals surface area contributed by atoms with Gasteiger partial charge in [0, 0.05) is 63.8 Å². The molecule has 0 fully saturated rings. The van der Waals surface area contributed by atoms with Gasteiger partial charge >= 0.3 is 0 Å². The van der Waals surface area contributed by atoms with Gasteiger partial charge in [0.25, 0.3) is 29.5 Å². The zero-order valence-corrected chi connectivity index (χ0v) is 30.0. The Morgan fingerprint density at radius 2 is 1.24 bits per heavy atom. The molecular formula is C33H34BrClN10O6. The molecule has 0 bridgehead atoms. The molecule has 0 radical (unpaired) electrons. The van der Waals surface area contributed by atoms with Crippen molar-refractivity contribution in [2.24, 2.45) is 26.9 Å². The number of rotatable bonds is 12. The molecule has 0 aliphatic heterocycles. The molecule has 0 atom stereocenters. The lowest BCUT2D eigenvalue weighted by atomic mass is 10.2. The molecule has 18 heteroatoms. The van der Waals surface area contributed by atoms with Crippen molar-refractivity contribution in [2.45, 2.75) is 6.42 Å². The van der Waals surface area contributed by atoms with E-state index in [-0.39, 0.29) is 58.7 Å². The highest BCUT2D eigenvalue weighted by molar-refractivity contribution is 9.12. The van der Waals surface area contributed by atoms with Gasteiger partial charge in [-0.05, 0) is 58.4 Å². The van der Waals surface area contributed by atoms with E-state index in [0.29, 0.717) is 39.4 Å². The number of halogens is 2. The van der Waals surface area contributed by atoms with Crippen molar-refractivity contribution in [2.75, 3.05) is 27.8 Å². The standard InChI is InChI=1S/C33H33BrN10O6.ClH/c1-17(34)29(45)38-19-5-6-26-18(9-19)10-27(50-26)33(49)41-22-13-25(44(4)16-22)32(48)40-21-12-24(43(3)15-21)31(47)39-20-11-23(42(2)14-20)30(46)37-8-7-28(35)36;/h5-6,9-16H,1,7-8H2,2-4H3,(H3,35,36)(H,37,46)(H,38,45)(H,39,47)(H,40,48)(H,41,49);1H. The lowest BCUT2D eigenvalue weighted by Crippen LogP contribution is -2.28. The number of aryl methyl sites for hydroxylation is 3. The number of nitrogens with one attached hydrogen (secondary N) is 6. The molecule has 5 aromatic rings. The van der Waals surface area contributed by atoms with Gasteiger partial charge in [-0.1, -0.05) is 6.58 Å². The first kappa shape index (κ1) is 37.7. The van der Waals surface area contributed by atoms with Gasteiger partial charge in [0.1, 0.15) is 22.7 Å². The molecule has 5 amide bonds. The summed E-state index contributed by atoms with van der Waals surface area (Å²) in [5.41, 5.74) is 8.12. The third-order valence-corrected chi connectivity index (χ3v) is 7.77. The second kappa shape index (κ2) is 15.6. The maximum absolute atomic E-state index is 13.2. The van der Waals surface area contributed by atoms with E-state index >= 15 is 0 Å². The number of hydrogen-bond donors (Lipinski definition) is 7. The molecule has 1 aromatic carbocycles. The van der Waals surface area contributed by atoms with Crippen LogP contribution >= 0.6 is 28.3 Å². The van der Waals surface area contributed by atoms with Crippen molar-refractivity contribution < 1.29 is 28.4 Å². The van der Waals surface area contributed by atoms with Gasteiger partial charge in [-0.15, -0.1) is 12.4 Å². The SMILES string of the molecule is C=C(Br)C(=O)Nc1ccc2oc(C(=O)Nc3cc(C(=O)Nc4cc(C(=O)Nc5cc(C(=O)NCCC(=N)N)n(C)c5)n(C)c4)n(C)c3)cc2c1.Cl. The first-order valence-electron chi connectivity index (χ1n) is 14.9. The Morgan fingerprint density at radius 3 is 1.73 bits per heavy atom. The molecule has 266 valence electrons. The summed E-state index contributed by atoms with van der Waals surface area (Å²) in [7, 11) is 4.95. The maximum Gasteiger partial charge on any atom is 0.291 e. The summed E-state index contributed by atoms with van der Waals surface area (Å²) >= 11 is 3.03. The first-order chi connectivity index (χ1) is 23.7. The highest BCUT2D eigenvalue weighted by Crippen LogP contribution is 2.25. The molecule has 0 saturated carbocycles. The quantitative estimate of drug-likeness (QED) is 0.0544. The number of carbonyl (C=O) groups excluding carboxylic acids is 5. The van der Waals surface area contributed by atoms with Gasteiger partial charge in [-0.25, -0.2) is 0 Å². The number of amidine groups is 1. The molecule has 5 rings (SSSR count). The van der Waals surface area contributed by atoms with Gasteiger partial charge in [-0.3, -0.25) is 29.4 Å². The van der Waals surface area contributed by atoms with E-state index in [4.69, 9.17) is 15.6 Å². The van der Waals surface area contributed by atoms with Crippen LogP contribution in [0.5, 0.6) is 0 Å². The van der Waals surface area contributed by atoms with E-state index in [2.05, 4.69) is 49.1 Å². The first-order valence-corrected chi connectivity index (χ1v) is 15.7. The number of amides is 5. The molecule has 0 spiro atoms. The minimum Gasteiger partial charge on any atom is -0.451 e. The number of furan rings is 1. The molecule has 51 heavy (non-hydrogen) atoms. The fraction of sp³-hybridized carbons (Fsp3) is 0.152. The number of carbonyl (C=O) groups is 5. The Morgan fingerprint density at radius 1 is 0.745 bits per heavy atom. The van der Waals surface area contributed by atoms with Crippen LogP contribution in [0.15, 0.2) is 76.5 Å². The zero-order chi connectivity index (χ0) is 36.3. The number of fused-ring (bicyclic) bond motifs is 1. The monoisotopic (exact) mass is 780 g/mol. The highest BCUT2D eigenvalue weighted by Gasteiger charge is 2.20. The molecule has 0 unspecified atom stereocenters. The topological polar surface area (TPSA) is 223 Å². The average molecular weight is 782 g/mol. The Kier molecular flexibility index (Phi) is 11.6. The number of benzene rings is 1. The van der Waals surface area contributed by atoms with Crippen LogP contribution in [0.4, 0.5) is 22.7 Å². The molecule has 0 aliphatic carbocycles. The number of nitrogens with two attached hydrogens (primary N) is 1. The van der Waals surface area contributed by atoms with Crippen LogP contribution < -0.4 is 32.3 Å². The lowest BCUT2D eigenvalue weighted by molar-refractivity contribution is -0.112. The predicted molar refractivity (Wildman–Crippen MR) is 199 cm³/mol. The summed E-state index contributed by atoms with van der Waals surface area (Å²) in [5.74, 6) is -2.30. The molecule has 4 heterocycles. The van der Waals surface area contributed by atoms with Crippen LogP contribution in [0, 0.1) is 5.41 Å². The third kappa shape index (κ3) is 8.94. The normalized spacial score (nSPS) is 10.6. The molecule has 0 aliphatic rings. The molecular weight excluding hydrogens is 748 g/mol. The second-order valence-electron chi connectivity index (χ2n) is 11.3. The van der Waals surface area contributed by atoms with Crippen molar-refractivity contribution in [3.05, 3.63) is 95.0 Å². The second-order valence-corrected chi connectivity index (χ2v) is 12.2. The van der Waals surface area contributed by atoms with Gasteiger partial charge in [0.15, 0.2) is 5.76 Å². The number of nitrogens with zero attached hydrogens (tertiary/aromatic N) is 3. The van der Waals surface area contributed by atoms with E-state index < -0.39 is 23.6 Å². The van der Waals surface area contributed by atoms with Crippen molar-refractivity contribution in [3.63, 3.8) is 0 Å². The molecule has 4 aromatic heterocycles. The Bertz CT molecular complexity index is 2210. The van der Waals surface area contributed by atoms with Crippen molar-refractivity contribution in [3.8, 4) is 0 Å². The number of aromatic nitrogens is 3. The minimum absolute atomic E-state index is 0. The predicted octanol–water partition coefficient (Wildman–Crippen LogP) is 4.53. The van der Waals surface area contributed by atoms with Crippen LogP contribution in [0.2, 0.25) is 0 Å². The van der Waals surface area contributed by atoms with Crippen LogP contribution in [0.1, 0.15) is 48.4 Å². The van der Waals surface area contributed by atoms with Crippen molar-refractivity contribution in [1.82, 2.24) is 19.0 Å². The maximum atomic E-state index is 13.2. The highest BCUT2D eigenvalue weighted by atomic mass is 79.9.